The molecule has 3 rings (SSSR count). The lowest BCUT2D eigenvalue weighted by molar-refractivity contribution is 0.259. The van der Waals surface area contributed by atoms with Crippen molar-refractivity contribution in [2.45, 2.75) is 19.2 Å². The number of hydrogen-bond donors (Lipinski definition) is 1. The molecule has 30 heavy (non-hydrogen) atoms. The molecule has 0 amide bonds. The summed E-state index contributed by atoms with van der Waals surface area (Å²) in [6, 6.07) is 4.78. The summed E-state index contributed by atoms with van der Waals surface area (Å²) in [5.74, 6) is -0.719. The third-order valence-electron chi connectivity index (χ3n) is 4.49. The van der Waals surface area contributed by atoms with Gasteiger partial charge in [-0.3, -0.25) is 0 Å². The Bertz CT molecular complexity index is 949. The van der Waals surface area contributed by atoms with Crippen LogP contribution in [0.1, 0.15) is 18.2 Å². The van der Waals surface area contributed by atoms with Crippen LogP contribution in [-0.4, -0.2) is 61.5 Å². The number of aromatic nitrogens is 1. The fraction of sp³-hybridized carbons (Fsp3) is 0.444. The van der Waals surface area contributed by atoms with Crippen LogP contribution < -0.4 is 5.32 Å². The van der Waals surface area contributed by atoms with Crippen molar-refractivity contribution >= 4 is 40.0 Å². The number of benzene rings is 1. The minimum Gasteiger partial charge on any atom is -0.364 e. The van der Waals surface area contributed by atoms with Gasteiger partial charge in [-0.2, -0.15) is 4.31 Å². The zero-order valence-electron chi connectivity index (χ0n) is 16.4. The second-order valence-corrected chi connectivity index (χ2v) is 8.51. The SMILES string of the molecule is CCNC(=NCc1cc(F)ccc1F)N1CCN(S(=O)(=O)Cc2ccon2)CC1.I. The molecule has 1 aliphatic rings. The molecule has 0 radical (unpaired) electrons. The molecular weight excluding hydrogens is 531 g/mol. The largest absolute Gasteiger partial charge is 0.364 e. The fourth-order valence-corrected chi connectivity index (χ4v) is 4.44. The molecular formula is C18H24F2IN5O3S. The molecule has 1 fully saturated rings. The Kier molecular flexibility index (Phi) is 8.97. The van der Waals surface area contributed by atoms with Crippen molar-refractivity contribution in [2.75, 3.05) is 32.7 Å². The van der Waals surface area contributed by atoms with Crippen molar-refractivity contribution in [1.82, 2.24) is 19.7 Å². The van der Waals surface area contributed by atoms with E-state index in [1.54, 1.807) is 0 Å². The van der Waals surface area contributed by atoms with Crippen LogP contribution in [0.3, 0.4) is 0 Å². The molecule has 1 N–H and O–H groups in total. The van der Waals surface area contributed by atoms with Gasteiger partial charge in [0.2, 0.25) is 10.0 Å². The lowest BCUT2D eigenvalue weighted by Gasteiger charge is -2.35. The van der Waals surface area contributed by atoms with Gasteiger partial charge in [-0.25, -0.2) is 22.2 Å². The predicted molar refractivity (Wildman–Crippen MR) is 119 cm³/mol. The van der Waals surface area contributed by atoms with Gasteiger partial charge in [0, 0.05) is 44.4 Å². The van der Waals surface area contributed by atoms with E-state index in [0.29, 0.717) is 44.4 Å². The van der Waals surface area contributed by atoms with Crippen LogP contribution in [0.5, 0.6) is 0 Å². The number of guanidine groups is 1. The first-order valence-corrected chi connectivity index (χ1v) is 10.8. The minimum atomic E-state index is -3.50. The predicted octanol–water partition coefficient (Wildman–Crippen LogP) is 2.18. The summed E-state index contributed by atoms with van der Waals surface area (Å²) in [5.41, 5.74) is 0.522. The molecule has 0 bridgehead atoms. The van der Waals surface area contributed by atoms with Gasteiger partial charge in [0.25, 0.3) is 0 Å². The molecule has 1 aliphatic heterocycles. The van der Waals surface area contributed by atoms with Crippen LogP contribution in [0.15, 0.2) is 40.0 Å². The highest BCUT2D eigenvalue weighted by Crippen LogP contribution is 2.14. The summed E-state index contributed by atoms with van der Waals surface area (Å²) >= 11 is 0. The Balaban J connectivity index is 0.00000320. The summed E-state index contributed by atoms with van der Waals surface area (Å²) in [7, 11) is -3.50. The number of rotatable bonds is 6. The number of sulfonamides is 1. The monoisotopic (exact) mass is 555 g/mol. The van der Waals surface area contributed by atoms with Gasteiger partial charge in [-0.1, -0.05) is 5.16 Å². The Morgan fingerprint density at radius 2 is 1.97 bits per heavy atom. The third-order valence-corrected chi connectivity index (χ3v) is 6.31. The van der Waals surface area contributed by atoms with Gasteiger partial charge in [-0.05, 0) is 25.1 Å². The summed E-state index contributed by atoms with van der Waals surface area (Å²) in [6.45, 7) is 3.91. The van der Waals surface area contributed by atoms with Gasteiger partial charge in [0.05, 0.1) is 12.2 Å². The standard InChI is InChI=1S/C18H23F2N5O3S.HI/c1-2-21-18(22-12-14-11-15(19)3-4-17(14)20)24-6-8-25(9-7-24)29(26,27)13-16-5-10-28-23-16;/h3-5,10-11H,2,6-9,12-13H2,1H3,(H,21,22);1H. The number of nitrogens with zero attached hydrogens (tertiary/aromatic N) is 4. The summed E-state index contributed by atoms with van der Waals surface area (Å²) in [5, 5.41) is 6.77. The highest BCUT2D eigenvalue weighted by atomic mass is 127. The van der Waals surface area contributed by atoms with Crippen LogP contribution in [0.2, 0.25) is 0 Å². The molecule has 1 aromatic carbocycles. The van der Waals surface area contributed by atoms with Crippen molar-refractivity contribution in [3.8, 4) is 0 Å². The molecule has 2 aromatic rings. The molecule has 0 atom stereocenters. The Morgan fingerprint density at radius 3 is 2.60 bits per heavy atom. The van der Waals surface area contributed by atoms with Crippen molar-refractivity contribution < 1.29 is 21.7 Å². The smallest absolute Gasteiger partial charge is 0.220 e. The zero-order valence-corrected chi connectivity index (χ0v) is 19.6. The summed E-state index contributed by atoms with van der Waals surface area (Å²) in [6.07, 6.45) is 1.34. The maximum absolute atomic E-state index is 13.8. The molecule has 12 heteroatoms. The van der Waals surface area contributed by atoms with E-state index in [-0.39, 0.29) is 41.8 Å². The molecule has 2 heterocycles. The van der Waals surface area contributed by atoms with Crippen LogP contribution in [0.4, 0.5) is 8.78 Å². The molecule has 0 aliphatic carbocycles. The van der Waals surface area contributed by atoms with E-state index in [2.05, 4.69) is 20.0 Å². The molecule has 166 valence electrons. The number of aliphatic imine (C=N–C) groups is 1. The van der Waals surface area contributed by atoms with Gasteiger partial charge in [0.15, 0.2) is 5.96 Å². The van der Waals surface area contributed by atoms with Gasteiger partial charge in [0.1, 0.15) is 23.7 Å². The minimum absolute atomic E-state index is 0. The summed E-state index contributed by atoms with van der Waals surface area (Å²) in [4.78, 5) is 6.30. The van der Waals surface area contributed by atoms with E-state index in [1.807, 2.05) is 11.8 Å². The molecule has 1 saturated heterocycles. The van der Waals surface area contributed by atoms with E-state index in [4.69, 9.17) is 0 Å². The number of halogens is 3. The van der Waals surface area contributed by atoms with Crippen LogP contribution in [0, 0.1) is 11.6 Å². The second-order valence-electron chi connectivity index (χ2n) is 6.54. The van der Waals surface area contributed by atoms with Crippen molar-refractivity contribution in [2.24, 2.45) is 4.99 Å². The van der Waals surface area contributed by atoms with E-state index < -0.39 is 21.7 Å². The van der Waals surface area contributed by atoms with Crippen LogP contribution in [-0.2, 0) is 22.3 Å². The number of hydrogen-bond acceptors (Lipinski definition) is 5. The van der Waals surface area contributed by atoms with Gasteiger partial charge < -0.3 is 14.7 Å². The van der Waals surface area contributed by atoms with E-state index in [1.165, 1.54) is 16.6 Å². The normalized spacial score (nSPS) is 15.7. The molecule has 1 aromatic heterocycles. The Labute approximate surface area is 191 Å². The lowest BCUT2D eigenvalue weighted by Crippen LogP contribution is -2.53. The quantitative estimate of drug-likeness (QED) is 0.334. The van der Waals surface area contributed by atoms with Gasteiger partial charge >= 0.3 is 0 Å². The van der Waals surface area contributed by atoms with Crippen LogP contribution in [0.25, 0.3) is 0 Å². The Hall–Kier alpha value is -1.80. The van der Waals surface area contributed by atoms with Gasteiger partial charge in [-0.15, -0.1) is 24.0 Å². The Morgan fingerprint density at radius 1 is 1.23 bits per heavy atom. The van der Waals surface area contributed by atoms with Crippen LogP contribution >= 0.6 is 24.0 Å². The molecule has 8 nitrogen and oxygen atoms in total. The zero-order chi connectivity index (χ0) is 20.9. The first kappa shape index (κ1) is 24.5. The summed E-state index contributed by atoms with van der Waals surface area (Å²) < 4.78 is 58.4. The fourth-order valence-electron chi connectivity index (χ4n) is 3.02. The average Bonchev–Trinajstić information content (AvgIpc) is 3.20. The van der Waals surface area contributed by atoms with E-state index >= 15 is 0 Å². The van der Waals surface area contributed by atoms with E-state index in [9.17, 15) is 17.2 Å². The first-order chi connectivity index (χ1) is 13.9. The second kappa shape index (κ2) is 11.0. The molecule has 0 unspecified atom stereocenters. The molecule has 0 spiro atoms. The van der Waals surface area contributed by atoms with E-state index in [0.717, 1.165) is 18.2 Å². The number of nitrogens with one attached hydrogen (secondary N) is 1. The maximum Gasteiger partial charge on any atom is 0.220 e. The first-order valence-electron chi connectivity index (χ1n) is 9.23. The highest BCUT2D eigenvalue weighted by Gasteiger charge is 2.29. The average molecular weight is 555 g/mol. The van der Waals surface area contributed by atoms with Crippen molar-refractivity contribution in [3.63, 3.8) is 0 Å². The number of piperazine rings is 1. The lowest BCUT2D eigenvalue weighted by atomic mass is 10.2. The molecule has 0 saturated carbocycles. The van der Waals surface area contributed by atoms with Crippen molar-refractivity contribution in [3.05, 3.63) is 53.4 Å². The highest BCUT2D eigenvalue weighted by molar-refractivity contribution is 14.0. The van der Waals surface area contributed by atoms with Crippen molar-refractivity contribution in [1.29, 1.82) is 0 Å². The topological polar surface area (TPSA) is 91.0 Å². The maximum atomic E-state index is 13.8. The third kappa shape index (κ3) is 6.35.